The van der Waals surface area contributed by atoms with Crippen molar-refractivity contribution in [3.8, 4) is 12.3 Å². The maximum Gasteiger partial charge on any atom is 0.270 e. The molecule has 0 bridgehead atoms. The number of nitrogens with one attached hydrogen (secondary N) is 1. The van der Waals surface area contributed by atoms with Gasteiger partial charge in [0.1, 0.15) is 4.90 Å². The number of rotatable bonds is 6. The number of halogens is 1. The average molecular weight is 317 g/mol. The lowest BCUT2D eigenvalue weighted by atomic mass is 10.2. The summed E-state index contributed by atoms with van der Waals surface area (Å²) in [5, 5.41) is 10.6. The fourth-order valence-electron chi connectivity index (χ4n) is 1.51. The number of terminal acetylenes is 1. The van der Waals surface area contributed by atoms with Gasteiger partial charge in [-0.25, -0.2) is 13.1 Å². The zero-order valence-electron chi connectivity index (χ0n) is 10.7. The van der Waals surface area contributed by atoms with E-state index in [-0.39, 0.29) is 22.0 Å². The number of hydrogen-bond acceptors (Lipinski definition) is 4. The van der Waals surface area contributed by atoms with Crippen LogP contribution in [0.5, 0.6) is 0 Å². The molecular weight excluding hydrogens is 304 g/mol. The van der Waals surface area contributed by atoms with Gasteiger partial charge in [-0.15, -0.1) is 12.3 Å². The highest BCUT2D eigenvalue weighted by Gasteiger charge is 2.23. The van der Waals surface area contributed by atoms with Gasteiger partial charge in [0, 0.05) is 24.6 Å². The molecular formula is C12H13ClN2O4S. The van der Waals surface area contributed by atoms with E-state index in [9.17, 15) is 18.5 Å². The standard InChI is InChI=1S/C12H13ClN2O4S/c1-3-5-9(4-2)14-20(18,19)12-8-10(15(16)17)6-7-11(12)13/h1,6-9,14H,4-5H2,2H3. The van der Waals surface area contributed by atoms with Crippen LogP contribution in [-0.4, -0.2) is 19.4 Å². The van der Waals surface area contributed by atoms with Gasteiger partial charge in [-0.05, 0) is 12.5 Å². The SMILES string of the molecule is C#CCC(CC)NS(=O)(=O)c1cc([N+](=O)[O-])ccc1Cl. The molecule has 108 valence electrons. The molecule has 1 aromatic rings. The molecule has 1 unspecified atom stereocenters. The molecule has 1 aromatic carbocycles. The zero-order chi connectivity index (χ0) is 15.3. The van der Waals surface area contributed by atoms with Crippen molar-refractivity contribution in [3.63, 3.8) is 0 Å². The highest BCUT2D eigenvalue weighted by Crippen LogP contribution is 2.26. The van der Waals surface area contributed by atoms with Gasteiger partial charge in [-0.2, -0.15) is 0 Å². The molecule has 0 amide bonds. The second-order valence-corrected chi connectivity index (χ2v) is 6.10. The Hall–Kier alpha value is -1.62. The number of nitro benzene ring substituents is 1. The minimum Gasteiger partial charge on any atom is -0.258 e. The van der Waals surface area contributed by atoms with E-state index in [1.54, 1.807) is 6.92 Å². The summed E-state index contributed by atoms with van der Waals surface area (Å²) in [7, 11) is -3.96. The van der Waals surface area contributed by atoms with Crippen LogP contribution in [0.1, 0.15) is 19.8 Å². The lowest BCUT2D eigenvalue weighted by molar-refractivity contribution is -0.385. The first-order chi connectivity index (χ1) is 9.31. The Kier molecular flexibility index (Phi) is 5.51. The van der Waals surface area contributed by atoms with E-state index in [4.69, 9.17) is 18.0 Å². The molecule has 1 atom stereocenters. The van der Waals surface area contributed by atoms with Crippen molar-refractivity contribution >= 4 is 27.3 Å². The van der Waals surface area contributed by atoms with E-state index in [0.29, 0.717) is 6.42 Å². The Labute approximate surface area is 122 Å². The van der Waals surface area contributed by atoms with Gasteiger partial charge in [0.25, 0.3) is 5.69 Å². The Bertz CT molecular complexity index is 652. The van der Waals surface area contributed by atoms with Gasteiger partial charge in [0.05, 0.1) is 9.95 Å². The Morgan fingerprint density at radius 1 is 1.55 bits per heavy atom. The number of sulfonamides is 1. The third-order valence-corrected chi connectivity index (χ3v) is 4.60. The van der Waals surface area contributed by atoms with E-state index in [1.807, 2.05) is 0 Å². The lowest BCUT2D eigenvalue weighted by Gasteiger charge is -2.15. The van der Waals surface area contributed by atoms with E-state index < -0.39 is 21.0 Å². The Morgan fingerprint density at radius 2 is 2.20 bits per heavy atom. The summed E-state index contributed by atoms with van der Waals surface area (Å²) in [4.78, 5) is 9.68. The van der Waals surface area contributed by atoms with Gasteiger partial charge in [0.2, 0.25) is 10.0 Å². The summed E-state index contributed by atoms with van der Waals surface area (Å²) in [5.41, 5.74) is -0.347. The fourth-order valence-corrected chi connectivity index (χ4v) is 3.34. The second kappa shape index (κ2) is 6.70. The minimum absolute atomic E-state index is 0.0846. The van der Waals surface area contributed by atoms with Crippen molar-refractivity contribution in [3.05, 3.63) is 33.3 Å². The van der Waals surface area contributed by atoms with Crippen molar-refractivity contribution in [2.45, 2.75) is 30.7 Å². The van der Waals surface area contributed by atoms with E-state index in [1.165, 1.54) is 6.07 Å². The topological polar surface area (TPSA) is 89.3 Å². The van der Waals surface area contributed by atoms with E-state index in [0.717, 1.165) is 12.1 Å². The second-order valence-electron chi connectivity index (χ2n) is 4.01. The molecule has 6 nitrogen and oxygen atoms in total. The van der Waals surface area contributed by atoms with Crippen LogP contribution in [0.2, 0.25) is 5.02 Å². The molecule has 0 aliphatic heterocycles. The quantitative estimate of drug-likeness (QED) is 0.495. The number of nitro groups is 1. The first kappa shape index (κ1) is 16.4. The first-order valence-corrected chi connectivity index (χ1v) is 7.57. The van der Waals surface area contributed by atoms with Gasteiger partial charge < -0.3 is 0 Å². The minimum atomic E-state index is -3.96. The number of benzene rings is 1. The summed E-state index contributed by atoms with van der Waals surface area (Å²) >= 11 is 5.81. The van der Waals surface area contributed by atoms with Crippen molar-refractivity contribution in [1.82, 2.24) is 4.72 Å². The molecule has 0 fully saturated rings. The highest BCUT2D eigenvalue weighted by atomic mass is 35.5. The molecule has 0 saturated carbocycles. The monoisotopic (exact) mass is 316 g/mol. The molecule has 0 saturated heterocycles. The molecule has 0 aliphatic rings. The third-order valence-electron chi connectivity index (χ3n) is 2.59. The average Bonchev–Trinajstić information content (AvgIpc) is 2.37. The summed E-state index contributed by atoms with van der Waals surface area (Å²) in [6, 6.07) is 2.80. The van der Waals surface area contributed by atoms with E-state index >= 15 is 0 Å². The third kappa shape index (κ3) is 3.93. The Balaban J connectivity index is 3.18. The summed E-state index contributed by atoms with van der Waals surface area (Å²) in [5.74, 6) is 2.37. The number of nitrogens with zero attached hydrogens (tertiary/aromatic N) is 1. The zero-order valence-corrected chi connectivity index (χ0v) is 12.2. The van der Waals surface area contributed by atoms with Crippen LogP contribution < -0.4 is 4.72 Å². The molecule has 0 aliphatic carbocycles. The maximum atomic E-state index is 12.2. The molecule has 0 radical (unpaired) electrons. The molecule has 1 rings (SSSR count). The number of non-ortho nitro benzene ring substituents is 1. The van der Waals surface area contributed by atoms with Crippen LogP contribution in [0.3, 0.4) is 0 Å². The highest BCUT2D eigenvalue weighted by molar-refractivity contribution is 7.89. The van der Waals surface area contributed by atoms with Crippen LogP contribution in [0.25, 0.3) is 0 Å². The molecule has 1 N–H and O–H groups in total. The Morgan fingerprint density at radius 3 is 2.70 bits per heavy atom. The molecule has 0 heterocycles. The van der Waals surface area contributed by atoms with Crippen molar-refractivity contribution in [2.24, 2.45) is 0 Å². The normalized spacial score (nSPS) is 12.7. The van der Waals surface area contributed by atoms with Gasteiger partial charge in [-0.1, -0.05) is 18.5 Å². The van der Waals surface area contributed by atoms with Crippen molar-refractivity contribution < 1.29 is 13.3 Å². The van der Waals surface area contributed by atoms with Crippen molar-refractivity contribution in [1.29, 1.82) is 0 Å². The summed E-state index contributed by atoms with van der Waals surface area (Å²) < 4.78 is 26.8. The van der Waals surface area contributed by atoms with Crippen LogP contribution >= 0.6 is 11.6 Å². The van der Waals surface area contributed by atoms with Gasteiger partial charge >= 0.3 is 0 Å². The molecule has 0 spiro atoms. The van der Waals surface area contributed by atoms with E-state index in [2.05, 4.69) is 10.6 Å². The molecule has 8 heteroatoms. The van der Waals surface area contributed by atoms with Crippen LogP contribution in [0.15, 0.2) is 23.1 Å². The van der Waals surface area contributed by atoms with Gasteiger partial charge in [-0.3, -0.25) is 10.1 Å². The van der Waals surface area contributed by atoms with Crippen LogP contribution in [0, 0.1) is 22.5 Å². The predicted molar refractivity (Wildman–Crippen MR) is 76.0 cm³/mol. The maximum absolute atomic E-state index is 12.2. The lowest BCUT2D eigenvalue weighted by Crippen LogP contribution is -2.34. The van der Waals surface area contributed by atoms with Crippen LogP contribution in [-0.2, 0) is 10.0 Å². The molecule has 20 heavy (non-hydrogen) atoms. The summed E-state index contributed by atoms with van der Waals surface area (Å²) in [6.07, 6.45) is 5.88. The predicted octanol–water partition coefficient (Wildman–Crippen LogP) is 2.33. The molecule has 0 aromatic heterocycles. The van der Waals surface area contributed by atoms with Gasteiger partial charge in [0.15, 0.2) is 0 Å². The largest absolute Gasteiger partial charge is 0.270 e. The first-order valence-electron chi connectivity index (χ1n) is 5.71. The van der Waals surface area contributed by atoms with Crippen LogP contribution in [0.4, 0.5) is 5.69 Å². The smallest absolute Gasteiger partial charge is 0.258 e. The van der Waals surface area contributed by atoms with Crippen molar-refractivity contribution in [2.75, 3.05) is 0 Å². The summed E-state index contributed by atoms with van der Waals surface area (Å²) in [6.45, 7) is 1.78. The number of hydrogen-bond donors (Lipinski definition) is 1. The fraction of sp³-hybridized carbons (Fsp3) is 0.333.